The molecule has 8 atom stereocenters. The molecule has 4 N–H and O–H groups in total. The lowest BCUT2D eigenvalue weighted by atomic mass is 9.39. The van der Waals surface area contributed by atoms with Gasteiger partial charge < -0.3 is 25.4 Å². The van der Waals surface area contributed by atoms with Crippen LogP contribution in [0, 0.1) is 16.7 Å². The number of carbonyl (C=O) groups is 2. The third kappa shape index (κ3) is 2.63. The number of ketones is 1. The van der Waals surface area contributed by atoms with Crippen molar-refractivity contribution in [2.24, 2.45) is 22.5 Å². The molecule has 1 saturated heterocycles. The molecule has 2 aliphatic carbocycles. The predicted molar refractivity (Wildman–Crippen MR) is 107 cm³/mol. The van der Waals surface area contributed by atoms with Gasteiger partial charge in [-0.3, -0.25) is 9.59 Å². The zero-order valence-electron chi connectivity index (χ0n) is 18.3. The minimum atomic E-state index is -2.05. The van der Waals surface area contributed by atoms with E-state index in [0.29, 0.717) is 12.8 Å². The Morgan fingerprint density at radius 1 is 1.31 bits per heavy atom. The minimum Gasteiger partial charge on any atom is -0.457 e. The molecule has 0 unspecified atom stereocenters. The van der Waals surface area contributed by atoms with Gasteiger partial charge in [0.05, 0.1) is 11.7 Å². The maximum atomic E-state index is 13.6. The number of fused-ring (bicyclic) bond motifs is 3. The monoisotopic (exact) mass is 409 g/mol. The zero-order chi connectivity index (χ0) is 22.2. The molecule has 164 valence electrons. The molecule has 3 aliphatic rings. The van der Waals surface area contributed by atoms with Crippen molar-refractivity contribution in [1.29, 1.82) is 0 Å². The summed E-state index contributed by atoms with van der Waals surface area (Å²) in [7, 11) is 0. The second-order valence-corrected chi connectivity index (χ2v) is 10.5. The van der Waals surface area contributed by atoms with E-state index in [1.807, 2.05) is 13.8 Å². The van der Waals surface area contributed by atoms with Crippen LogP contribution in [-0.4, -0.2) is 57.0 Å². The summed E-state index contributed by atoms with van der Waals surface area (Å²) in [6.45, 7) is 14.0. The molecule has 3 fully saturated rings. The normalized spacial score (nSPS) is 51.6. The summed E-state index contributed by atoms with van der Waals surface area (Å²) in [4.78, 5) is 25.6. The summed E-state index contributed by atoms with van der Waals surface area (Å²) in [6, 6.07) is -0.543. The fraction of sp³-hybridized carbons (Fsp3) is 0.818. The van der Waals surface area contributed by atoms with Crippen LogP contribution in [0.5, 0.6) is 0 Å². The van der Waals surface area contributed by atoms with E-state index in [1.165, 1.54) is 13.0 Å². The molecule has 0 aromatic rings. The number of aliphatic hydroxyl groups excluding tert-OH is 1. The van der Waals surface area contributed by atoms with E-state index in [9.17, 15) is 19.8 Å². The van der Waals surface area contributed by atoms with Crippen LogP contribution in [0.1, 0.15) is 60.8 Å². The van der Waals surface area contributed by atoms with Crippen molar-refractivity contribution in [1.82, 2.24) is 0 Å². The molecule has 3 rings (SSSR count). The van der Waals surface area contributed by atoms with E-state index in [2.05, 4.69) is 6.58 Å². The molecule has 2 saturated carbocycles. The van der Waals surface area contributed by atoms with Crippen LogP contribution in [-0.2, 0) is 19.1 Å². The Labute approximate surface area is 172 Å². The Morgan fingerprint density at radius 2 is 1.90 bits per heavy atom. The third-order valence-electron chi connectivity index (χ3n) is 8.14. The average Bonchev–Trinajstić information content (AvgIpc) is 2.59. The number of aliphatic hydroxyl groups is 2. The highest BCUT2D eigenvalue weighted by Gasteiger charge is 2.80. The Balaban J connectivity index is 2.33. The summed E-state index contributed by atoms with van der Waals surface area (Å²) >= 11 is 0. The lowest BCUT2D eigenvalue weighted by Crippen LogP contribution is -2.87. The highest BCUT2D eigenvalue weighted by Crippen LogP contribution is 2.66. The number of carbonyl (C=O) groups excluding carboxylic acids is 2. The Kier molecular flexibility index (Phi) is 4.91. The predicted octanol–water partition coefficient (Wildman–Crippen LogP) is 1.49. The van der Waals surface area contributed by atoms with E-state index in [0.717, 1.165) is 0 Å². The highest BCUT2D eigenvalue weighted by molar-refractivity contribution is 5.92. The lowest BCUT2D eigenvalue weighted by molar-refractivity contribution is -0.360. The summed E-state index contributed by atoms with van der Waals surface area (Å²) in [5.74, 6) is -1.64. The van der Waals surface area contributed by atoms with Crippen molar-refractivity contribution in [3.05, 3.63) is 12.7 Å². The molecule has 7 heteroatoms. The fourth-order valence-electron chi connectivity index (χ4n) is 6.73. The van der Waals surface area contributed by atoms with E-state index in [-0.39, 0.29) is 6.42 Å². The van der Waals surface area contributed by atoms with Crippen molar-refractivity contribution in [3.63, 3.8) is 0 Å². The molecule has 7 nitrogen and oxygen atoms in total. The SMILES string of the molecule is C=C[C@@]1(C)CC(=O)[C@]2(O)[C@@]3(C)[C@@H](N)CCC(C)(C)[C@@H]3[C@H](O)[C@H](OC(C)=O)[C@@]2(C)O1. The molecule has 0 amide bonds. The van der Waals surface area contributed by atoms with Crippen molar-refractivity contribution >= 4 is 11.8 Å². The van der Waals surface area contributed by atoms with Gasteiger partial charge in [-0.2, -0.15) is 0 Å². The second-order valence-electron chi connectivity index (χ2n) is 10.5. The van der Waals surface area contributed by atoms with Crippen molar-refractivity contribution in [3.8, 4) is 0 Å². The first-order valence-corrected chi connectivity index (χ1v) is 10.3. The number of Topliss-reactive ketones (excluding diaryl/α,β-unsaturated/α-hetero) is 1. The summed E-state index contributed by atoms with van der Waals surface area (Å²) in [6.07, 6.45) is 0.319. The largest absolute Gasteiger partial charge is 0.457 e. The molecule has 0 bridgehead atoms. The van der Waals surface area contributed by atoms with Gasteiger partial charge in [0.2, 0.25) is 0 Å². The second kappa shape index (κ2) is 6.36. The summed E-state index contributed by atoms with van der Waals surface area (Å²) < 4.78 is 11.9. The Hall–Kier alpha value is -1.28. The van der Waals surface area contributed by atoms with E-state index >= 15 is 0 Å². The number of rotatable bonds is 2. The van der Waals surface area contributed by atoms with Gasteiger partial charge in [-0.05, 0) is 32.1 Å². The molecular weight excluding hydrogens is 374 g/mol. The van der Waals surface area contributed by atoms with Crippen molar-refractivity contribution in [2.45, 2.75) is 95.9 Å². The summed E-state index contributed by atoms with van der Waals surface area (Å²) in [5, 5.41) is 23.7. The van der Waals surface area contributed by atoms with E-state index in [4.69, 9.17) is 15.2 Å². The smallest absolute Gasteiger partial charge is 0.303 e. The lowest BCUT2D eigenvalue weighted by Gasteiger charge is -2.71. The van der Waals surface area contributed by atoms with Crippen LogP contribution >= 0.6 is 0 Å². The molecule has 0 aromatic heterocycles. The standard InChI is InChI=1S/C22H35NO6/c1-8-19(5)11-14(25)22(27)20(6)13(23)9-10-18(3,4)16(20)15(26)17(28-12(2)24)21(22,7)29-19/h8,13,15-17,26-27H,1,9-11,23H2,2-7H3/t13-,15-,16-,17-,19-,20-,21+,22-/m0/s1. The third-order valence-corrected chi connectivity index (χ3v) is 8.14. The maximum absolute atomic E-state index is 13.6. The molecular formula is C22H35NO6. The fourth-order valence-corrected chi connectivity index (χ4v) is 6.73. The number of hydrogen-bond acceptors (Lipinski definition) is 7. The van der Waals surface area contributed by atoms with Gasteiger partial charge >= 0.3 is 5.97 Å². The molecule has 0 spiro atoms. The molecule has 1 heterocycles. The van der Waals surface area contributed by atoms with E-state index in [1.54, 1.807) is 20.8 Å². The summed E-state index contributed by atoms with van der Waals surface area (Å²) in [5.41, 5.74) is 0.104. The first kappa shape index (κ1) is 22.4. The molecule has 0 radical (unpaired) electrons. The first-order valence-electron chi connectivity index (χ1n) is 10.3. The maximum Gasteiger partial charge on any atom is 0.303 e. The van der Waals surface area contributed by atoms with Gasteiger partial charge in [0.15, 0.2) is 17.5 Å². The van der Waals surface area contributed by atoms with Gasteiger partial charge in [0.1, 0.15) is 5.60 Å². The van der Waals surface area contributed by atoms with Gasteiger partial charge in [-0.1, -0.05) is 26.8 Å². The van der Waals surface area contributed by atoms with Crippen LogP contribution in [0.4, 0.5) is 0 Å². The molecule has 0 aromatic carbocycles. The zero-order valence-corrected chi connectivity index (χ0v) is 18.3. The average molecular weight is 410 g/mol. The van der Waals surface area contributed by atoms with Crippen molar-refractivity contribution < 1.29 is 29.3 Å². The minimum absolute atomic E-state index is 0.0824. The van der Waals surface area contributed by atoms with Gasteiger partial charge in [-0.25, -0.2) is 0 Å². The first-order chi connectivity index (χ1) is 13.1. The van der Waals surface area contributed by atoms with Gasteiger partial charge in [0, 0.05) is 30.7 Å². The Morgan fingerprint density at radius 3 is 2.41 bits per heavy atom. The Bertz CT molecular complexity index is 752. The number of esters is 1. The van der Waals surface area contributed by atoms with E-state index < -0.39 is 63.6 Å². The number of hydrogen-bond donors (Lipinski definition) is 3. The van der Waals surface area contributed by atoms with Crippen LogP contribution in [0.15, 0.2) is 12.7 Å². The van der Waals surface area contributed by atoms with Gasteiger partial charge in [-0.15, -0.1) is 6.58 Å². The topological polar surface area (TPSA) is 119 Å². The molecule has 1 aliphatic heterocycles. The quantitative estimate of drug-likeness (QED) is 0.467. The molecule has 29 heavy (non-hydrogen) atoms. The number of ether oxygens (including phenoxy) is 2. The van der Waals surface area contributed by atoms with Crippen LogP contribution < -0.4 is 5.73 Å². The van der Waals surface area contributed by atoms with Crippen LogP contribution in [0.25, 0.3) is 0 Å². The highest BCUT2D eigenvalue weighted by atomic mass is 16.6. The van der Waals surface area contributed by atoms with Gasteiger partial charge in [0.25, 0.3) is 0 Å². The van der Waals surface area contributed by atoms with Crippen LogP contribution in [0.2, 0.25) is 0 Å². The van der Waals surface area contributed by atoms with Crippen LogP contribution in [0.3, 0.4) is 0 Å². The number of nitrogens with two attached hydrogens (primary N) is 1. The van der Waals surface area contributed by atoms with Crippen molar-refractivity contribution in [2.75, 3.05) is 0 Å².